The molecule has 0 aliphatic carbocycles. The average Bonchev–Trinajstić information content (AvgIpc) is 3.49. The van der Waals surface area contributed by atoms with Crippen LogP contribution in [0.25, 0.3) is 21.8 Å². The van der Waals surface area contributed by atoms with Gasteiger partial charge < -0.3 is 41.1 Å². The van der Waals surface area contributed by atoms with Crippen LogP contribution in [0.1, 0.15) is 25.0 Å². The Kier molecular flexibility index (Phi) is 12.1. The van der Waals surface area contributed by atoms with Crippen LogP contribution < -0.4 is 20.9 Å². The molecule has 4 aromatic rings. The van der Waals surface area contributed by atoms with Gasteiger partial charge in [0.25, 0.3) is 0 Å². The number of aliphatic carboxylic acids is 2. The Morgan fingerprint density at radius 2 is 1.10 bits per heavy atom. The molecule has 8 N–H and O–H groups in total. The third-order valence-electron chi connectivity index (χ3n) is 5.20. The Balaban J connectivity index is 0.000000224. The Morgan fingerprint density at radius 1 is 0.725 bits per heavy atom. The van der Waals surface area contributed by atoms with Crippen molar-refractivity contribution in [2.45, 2.75) is 26.7 Å². The summed E-state index contributed by atoms with van der Waals surface area (Å²) in [5, 5.41) is 17.5. The minimum absolute atomic E-state index is 0.313. The number of H-pyrrole nitrogens is 2. The van der Waals surface area contributed by atoms with Gasteiger partial charge in [-0.2, -0.15) is 0 Å². The van der Waals surface area contributed by atoms with E-state index in [2.05, 4.69) is 9.97 Å². The van der Waals surface area contributed by atoms with Gasteiger partial charge in [-0.1, -0.05) is 12.1 Å². The third kappa shape index (κ3) is 9.42. The van der Waals surface area contributed by atoms with E-state index in [9.17, 15) is 19.2 Å². The second-order valence-electron chi connectivity index (χ2n) is 8.26. The number of ether oxygens (including phenoxy) is 2. The third-order valence-corrected chi connectivity index (χ3v) is 5.20. The van der Waals surface area contributed by atoms with E-state index in [1.54, 1.807) is 12.1 Å². The fourth-order valence-electron chi connectivity index (χ4n) is 3.77. The van der Waals surface area contributed by atoms with Crippen molar-refractivity contribution in [1.29, 1.82) is 0 Å². The van der Waals surface area contributed by atoms with E-state index in [1.165, 1.54) is 13.8 Å². The van der Waals surface area contributed by atoms with Gasteiger partial charge >= 0.3 is 23.9 Å². The lowest BCUT2D eigenvalue weighted by Gasteiger charge is -2.04. The number of carboxylic acid groups (broad SMARTS) is 2. The summed E-state index contributed by atoms with van der Waals surface area (Å²) in [6, 6.07) is 11.2. The average molecular weight is 553 g/mol. The molecular formula is C28H32N4O8. The first-order valence-electron chi connectivity index (χ1n) is 12.2. The highest BCUT2D eigenvalue weighted by atomic mass is 16.5. The molecule has 12 heteroatoms. The molecule has 12 nitrogen and oxygen atoms in total. The van der Waals surface area contributed by atoms with Crippen molar-refractivity contribution < 1.29 is 38.9 Å². The molecule has 2 aromatic heterocycles. The summed E-state index contributed by atoms with van der Waals surface area (Å²) < 4.78 is 10.3. The normalized spacial score (nSPS) is 10.4. The van der Waals surface area contributed by atoms with Crippen LogP contribution in [0.5, 0.6) is 11.5 Å². The van der Waals surface area contributed by atoms with Crippen LogP contribution in [0.2, 0.25) is 0 Å². The van der Waals surface area contributed by atoms with Crippen LogP contribution in [0.15, 0.2) is 60.9 Å². The van der Waals surface area contributed by atoms with E-state index in [1.807, 2.05) is 36.7 Å². The first kappa shape index (κ1) is 31.3. The summed E-state index contributed by atoms with van der Waals surface area (Å²) in [7, 11) is 0. The van der Waals surface area contributed by atoms with E-state index >= 15 is 0 Å². The van der Waals surface area contributed by atoms with Crippen molar-refractivity contribution in [3.63, 3.8) is 0 Å². The lowest BCUT2D eigenvalue weighted by molar-refractivity contribution is -0.134. The maximum Gasteiger partial charge on any atom is 0.328 e. The topological polar surface area (TPSA) is 211 Å². The molecule has 2 heterocycles. The Labute approximate surface area is 229 Å². The number of nitrogens with two attached hydrogens (primary N) is 2. The van der Waals surface area contributed by atoms with Crippen LogP contribution in [0.3, 0.4) is 0 Å². The number of carbonyl (C=O) groups excluding carboxylic acids is 2. The fourth-order valence-corrected chi connectivity index (χ4v) is 3.77. The molecule has 0 radical (unpaired) electrons. The number of benzene rings is 2. The van der Waals surface area contributed by atoms with Gasteiger partial charge in [0.1, 0.15) is 11.5 Å². The van der Waals surface area contributed by atoms with Gasteiger partial charge in [-0.3, -0.25) is 9.59 Å². The van der Waals surface area contributed by atoms with Gasteiger partial charge in [0.15, 0.2) is 0 Å². The van der Waals surface area contributed by atoms with Gasteiger partial charge in [0.05, 0.1) is 0 Å². The molecule has 40 heavy (non-hydrogen) atoms. The van der Waals surface area contributed by atoms with Gasteiger partial charge in [-0.15, -0.1) is 0 Å². The lowest BCUT2D eigenvalue weighted by atomic mass is 10.1. The van der Waals surface area contributed by atoms with E-state index in [0.717, 1.165) is 45.8 Å². The van der Waals surface area contributed by atoms with Crippen molar-refractivity contribution in [3.8, 4) is 11.5 Å². The maximum atomic E-state index is 11.0. The minimum Gasteiger partial charge on any atom is -0.478 e. The molecule has 0 fully saturated rings. The van der Waals surface area contributed by atoms with Crippen molar-refractivity contribution in [2.24, 2.45) is 11.5 Å². The van der Waals surface area contributed by atoms with Crippen molar-refractivity contribution in [3.05, 3.63) is 72.1 Å². The Morgan fingerprint density at radius 3 is 1.40 bits per heavy atom. The SMILES string of the molecule is CC(=O)Oc1cccc2[nH]cc(CCN)c12.CC(=O)Oc1cccc2[nH]cc(CCN)c12.O=C(O)C=CC(=O)O. The van der Waals surface area contributed by atoms with Crippen molar-refractivity contribution in [1.82, 2.24) is 9.97 Å². The number of carbonyl (C=O) groups is 4. The Hall–Kier alpha value is -4.94. The minimum atomic E-state index is -1.26. The highest BCUT2D eigenvalue weighted by Crippen LogP contribution is 2.30. The van der Waals surface area contributed by atoms with Crippen LogP contribution in [-0.2, 0) is 32.0 Å². The molecule has 0 saturated carbocycles. The fraction of sp³-hybridized carbons (Fsp3) is 0.214. The van der Waals surface area contributed by atoms with Crippen molar-refractivity contribution >= 4 is 45.7 Å². The molecule has 0 saturated heterocycles. The molecule has 0 aliphatic heterocycles. The second kappa shape index (κ2) is 15.5. The summed E-state index contributed by atoms with van der Waals surface area (Å²) >= 11 is 0. The first-order chi connectivity index (χ1) is 19.1. The molecule has 0 atom stereocenters. The smallest absolute Gasteiger partial charge is 0.328 e. The highest BCUT2D eigenvalue weighted by Gasteiger charge is 2.11. The van der Waals surface area contributed by atoms with E-state index in [-0.39, 0.29) is 11.9 Å². The summed E-state index contributed by atoms with van der Waals surface area (Å²) in [4.78, 5) is 47.4. The summed E-state index contributed by atoms with van der Waals surface area (Å²) in [6.07, 6.45) is 6.45. The number of esters is 2. The number of fused-ring (bicyclic) bond motifs is 2. The van der Waals surface area contributed by atoms with Gasteiger partial charge in [-0.25, -0.2) is 9.59 Å². The zero-order chi connectivity index (χ0) is 29.7. The molecule has 0 unspecified atom stereocenters. The molecule has 4 rings (SSSR count). The second-order valence-corrected chi connectivity index (χ2v) is 8.26. The highest BCUT2D eigenvalue weighted by molar-refractivity contribution is 5.92. The van der Waals surface area contributed by atoms with E-state index < -0.39 is 11.9 Å². The van der Waals surface area contributed by atoms with Gasteiger partial charge in [0.2, 0.25) is 0 Å². The summed E-state index contributed by atoms with van der Waals surface area (Å²) in [6.45, 7) is 3.94. The monoisotopic (exact) mass is 552 g/mol. The predicted octanol–water partition coefficient (Wildman–Crippen LogP) is 2.90. The van der Waals surface area contributed by atoms with Gasteiger partial charge in [-0.05, 0) is 61.3 Å². The molecular weight excluding hydrogens is 520 g/mol. The molecule has 0 spiro atoms. The number of carboxylic acids is 2. The molecule has 0 amide bonds. The quantitative estimate of drug-likeness (QED) is 0.107. The lowest BCUT2D eigenvalue weighted by Crippen LogP contribution is -2.04. The number of hydrogen-bond acceptors (Lipinski definition) is 8. The zero-order valence-electron chi connectivity index (χ0n) is 22.1. The van der Waals surface area contributed by atoms with E-state index in [0.29, 0.717) is 36.7 Å². The number of aromatic amines is 2. The van der Waals surface area contributed by atoms with Crippen molar-refractivity contribution in [2.75, 3.05) is 13.1 Å². The zero-order valence-corrected chi connectivity index (χ0v) is 22.1. The molecule has 0 bridgehead atoms. The van der Waals surface area contributed by atoms with E-state index in [4.69, 9.17) is 31.2 Å². The number of hydrogen-bond donors (Lipinski definition) is 6. The largest absolute Gasteiger partial charge is 0.478 e. The number of aromatic nitrogens is 2. The Bertz CT molecular complexity index is 1390. The van der Waals surface area contributed by atoms with Gasteiger partial charge in [0, 0.05) is 60.2 Å². The molecule has 2 aromatic carbocycles. The van der Waals surface area contributed by atoms with Crippen LogP contribution in [0, 0.1) is 0 Å². The standard InChI is InChI=1S/2C12H14N2O2.C4H4O4/c2*1-8(15)16-11-4-2-3-10-12(11)9(5-6-13)7-14-10;5-3(6)1-2-4(7)8/h2*2-4,7,14H,5-6,13H2,1H3;1-2H,(H,5,6)(H,7,8). The number of rotatable bonds is 8. The maximum absolute atomic E-state index is 11.0. The van der Waals surface area contributed by atoms with Crippen LogP contribution in [-0.4, -0.2) is 57.1 Å². The summed E-state index contributed by atoms with van der Waals surface area (Å²) in [5.41, 5.74) is 15.2. The first-order valence-corrected chi connectivity index (χ1v) is 12.2. The predicted molar refractivity (Wildman–Crippen MR) is 149 cm³/mol. The molecule has 0 aliphatic rings. The molecule has 212 valence electrons. The summed E-state index contributed by atoms with van der Waals surface area (Å²) in [5.74, 6) is -1.95. The van der Waals surface area contributed by atoms with Crippen LogP contribution in [0.4, 0.5) is 0 Å². The number of nitrogens with one attached hydrogen (secondary N) is 2. The van der Waals surface area contributed by atoms with Crippen LogP contribution >= 0.6 is 0 Å².